The van der Waals surface area contributed by atoms with Crippen LogP contribution < -0.4 is 5.32 Å². The van der Waals surface area contributed by atoms with Gasteiger partial charge in [-0.1, -0.05) is 6.42 Å². The van der Waals surface area contributed by atoms with E-state index < -0.39 is 16.1 Å². The van der Waals surface area contributed by atoms with Gasteiger partial charge < -0.3 is 10.4 Å². The lowest BCUT2D eigenvalue weighted by Gasteiger charge is -2.28. The van der Waals surface area contributed by atoms with Crippen LogP contribution in [0.3, 0.4) is 0 Å². The Bertz CT molecular complexity index is 832. The lowest BCUT2D eigenvalue weighted by Crippen LogP contribution is -2.43. The molecule has 7 heteroatoms. The van der Waals surface area contributed by atoms with Gasteiger partial charge in [0, 0.05) is 18.2 Å². The van der Waals surface area contributed by atoms with E-state index in [0.29, 0.717) is 24.1 Å². The monoisotopic (exact) mass is 376 g/mol. The normalized spacial score (nSPS) is 36.3. The van der Waals surface area contributed by atoms with Crippen molar-refractivity contribution >= 4 is 21.6 Å². The summed E-state index contributed by atoms with van der Waals surface area (Å²) in [6.45, 7) is 0.519. The summed E-state index contributed by atoms with van der Waals surface area (Å²) in [6.07, 6.45) is 4.33. The lowest BCUT2D eigenvalue weighted by molar-refractivity contribution is -0.122. The van der Waals surface area contributed by atoms with E-state index in [0.717, 1.165) is 32.1 Å². The summed E-state index contributed by atoms with van der Waals surface area (Å²) in [5.41, 5.74) is 0.628. The Balaban J connectivity index is 1.35. The van der Waals surface area contributed by atoms with E-state index in [4.69, 9.17) is 0 Å². The Labute approximate surface area is 153 Å². The lowest BCUT2D eigenvalue weighted by atomic mass is 9.85. The Kier molecular flexibility index (Phi) is 3.71. The standard InChI is InChI=1S/C19H24N2O4S/c22-18-12-8-13-10-21(17(18)16(13)9-12)26(24,25)15-6-4-14(5-7-15)20-19(23)11-2-1-3-11/h4-7,11-13,16-18,22H,1-3,8-10H2,(H,20,23)/t12-,13-,16+,17-,18+/m0/s1. The highest BCUT2D eigenvalue weighted by Crippen LogP contribution is 2.56. The van der Waals surface area contributed by atoms with E-state index in [9.17, 15) is 18.3 Å². The molecule has 2 N–H and O–H groups in total. The number of sulfonamides is 1. The summed E-state index contributed by atoms with van der Waals surface area (Å²) in [5, 5.41) is 13.3. The molecular weight excluding hydrogens is 352 g/mol. The number of benzene rings is 1. The summed E-state index contributed by atoms with van der Waals surface area (Å²) in [6, 6.07) is 6.17. The number of carbonyl (C=O) groups is 1. The van der Waals surface area contributed by atoms with Crippen molar-refractivity contribution in [3.05, 3.63) is 24.3 Å². The number of hydrogen-bond acceptors (Lipinski definition) is 4. The number of hydrogen-bond donors (Lipinski definition) is 2. The molecule has 3 aliphatic carbocycles. The van der Waals surface area contributed by atoms with Gasteiger partial charge in [-0.2, -0.15) is 4.31 Å². The summed E-state index contributed by atoms with van der Waals surface area (Å²) in [5.74, 6) is 1.08. The van der Waals surface area contributed by atoms with Crippen molar-refractivity contribution in [2.75, 3.05) is 11.9 Å². The second kappa shape index (κ2) is 5.78. The van der Waals surface area contributed by atoms with Gasteiger partial charge in [-0.25, -0.2) is 8.42 Å². The highest BCUT2D eigenvalue weighted by Gasteiger charge is 2.61. The SMILES string of the molecule is O=C(Nc1ccc(S(=O)(=O)N2C[C@@H]3C[C@H]4C[C@H]3[C@H]2[C@@H]4O)cc1)C1CCC1. The van der Waals surface area contributed by atoms with Crippen LogP contribution in [-0.4, -0.2) is 42.4 Å². The molecule has 4 fully saturated rings. The zero-order valence-corrected chi connectivity index (χ0v) is 15.4. The minimum Gasteiger partial charge on any atom is -0.391 e. The van der Waals surface area contributed by atoms with Crippen LogP contribution in [0.25, 0.3) is 0 Å². The maximum atomic E-state index is 13.1. The Morgan fingerprint density at radius 2 is 1.85 bits per heavy atom. The predicted molar refractivity (Wildman–Crippen MR) is 95.8 cm³/mol. The van der Waals surface area contributed by atoms with Crippen molar-refractivity contribution in [2.45, 2.75) is 49.1 Å². The van der Waals surface area contributed by atoms with Crippen LogP contribution in [0, 0.1) is 23.7 Å². The number of carbonyl (C=O) groups excluding carboxylic acids is 1. The molecule has 1 aromatic carbocycles. The van der Waals surface area contributed by atoms with E-state index in [2.05, 4.69) is 5.32 Å². The Morgan fingerprint density at radius 1 is 1.12 bits per heavy atom. The second-order valence-corrected chi connectivity index (χ2v) is 10.2. The Hall–Kier alpha value is -1.44. The van der Waals surface area contributed by atoms with E-state index in [1.165, 1.54) is 4.31 Å². The minimum atomic E-state index is -3.63. The van der Waals surface area contributed by atoms with E-state index >= 15 is 0 Å². The molecule has 6 nitrogen and oxygen atoms in total. The van der Waals surface area contributed by atoms with E-state index in [1.807, 2.05) is 0 Å². The number of nitrogens with zero attached hydrogens (tertiary/aromatic N) is 1. The van der Waals surface area contributed by atoms with Crippen LogP contribution in [0.1, 0.15) is 32.1 Å². The third-order valence-corrected chi connectivity index (χ3v) is 8.89. The van der Waals surface area contributed by atoms with Crippen LogP contribution in [0.15, 0.2) is 29.2 Å². The van der Waals surface area contributed by atoms with Gasteiger partial charge in [0.1, 0.15) is 0 Å². The molecule has 1 aromatic rings. The molecule has 3 saturated carbocycles. The maximum Gasteiger partial charge on any atom is 0.243 e. The first-order chi connectivity index (χ1) is 12.4. The molecule has 0 radical (unpaired) electrons. The number of amides is 1. The van der Waals surface area contributed by atoms with Crippen LogP contribution >= 0.6 is 0 Å². The first kappa shape index (κ1) is 16.7. The molecule has 0 unspecified atom stereocenters. The van der Waals surface area contributed by atoms with E-state index in [-0.39, 0.29) is 28.7 Å². The topological polar surface area (TPSA) is 86.7 Å². The molecule has 1 aliphatic heterocycles. The van der Waals surface area contributed by atoms with Gasteiger partial charge in [0.25, 0.3) is 0 Å². The third-order valence-electron chi connectivity index (χ3n) is 7.01. The molecule has 1 amide bonds. The molecule has 4 aliphatic rings. The average Bonchev–Trinajstić information content (AvgIpc) is 3.16. The van der Waals surface area contributed by atoms with Crippen molar-refractivity contribution in [3.8, 4) is 0 Å². The highest BCUT2D eigenvalue weighted by molar-refractivity contribution is 7.89. The summed E-state index contributed by atoms with van der Waals surface area (Å²) in [4.78, 5) is 12.3. The van der Waals surface area contributed by atoms with Crippen LogP contribution in [0.5, 0.6) is 0 Å². The second-order valence-electron chi connectivity index (χ2n) is 8.35. The van der Waals surface area contributed by atoms with Crippen molar-refractivity contribution in [3.63, 3.8) is 0 Å². The molecule has 1 saturated heterocycles. The number of rotatable bonds is 4. The Morgan fingerprint density at radius 3 is 2.46 bits per heavy atom. The number of aliphatic hydroxyl groups excluding tert-OH is 1. The van der Waals surface area contributed by atoms with Crippen molar-refractivity contribution < 1.29 is 18.3 Å². The predicted octanol–water partition coefficient (Wildman–Crippen LogP) is 1.81. The summed E-state index contributed by atoms with van der Waals surface area (Å²) >= 11 is 0. The number of nitrogens with one attached hydrogen (secondary N) is 1. The summed E-state index contributed by atoms with van der Waals surface area (Å²) < 4.78 is 27.8. The molecule has 0 spiro atoms. The van der Waals surface area contributed by atoms with Gasteiger partial charge in [-0.05, 0) is 67.7 Å². The zero-order chi connectivity index (χ0) is 18.1. The van der Waals surface area contributed by atoms with Crippen molar-refractivity contribution in [1.82, 2.24) is 4.31 Å². The van der Waals surface area contributed by atoms with Gasteiger partial charge in [0.15, 0.2) is 0 Å². The maximum absolute atomic E-state index is 13.1. The first-order valence-corrected chi connectivity index (χ1v) is 11.0. The third kappa shape index (κ3) is 2.37. The van der Waals surface area contributed by atoms with Gasteiger partial charge >= 0.3 is 0 Å². The van der Waals surface area contributed by atoms with Crippen molar-refractivity contribution in [1.29, 1.82) is 0 Å². The van der Waals surface area contributed by atoms with Gasteiger partial charge in [0.2, 0.25) is 15.9 Å². The molecule has 2 bridgehead atoms. The smallest absolute Gasteiger partial charge is 0.243 e. The molecule has 5 rings (SSSR count). The molecule has 1 heterocycles. The molecule has 140 valence electrons. The fourth-order valence-corrected chi connectivity index (χ4v) is 7.14. The quantitative estimate of drug-likeness (QED) is 0.839. The van der Waals surface area contributed by atoms with Crippen molar-refractivity contribution in [2.24, 2.45) is 23.7 Å². The zero-order valence-electron chi connectivity index (χ0n) is 14.5. The van der Waals surface area contributed by atoms with Crippen LogP contribution in [0.2, 0.25) is 0 Å². The number of fused-ring (bicyclic) bond motifs is 1. The van der Waals surface area contributed by atoms with Gasteiger partial charge in [0.05, 0.1) is 17.0 Å². The largest absolute Gasteiger partial charge is 0.391 e. The van der Waals surface area contributed by atoms with Crippen LogP contribution in [-0.2, 0) is 14.8 Å². The average molecular weight is 376 g/mol. The minimum absolute atomic E-state index is 0.0168. The summed E-state index contributed by atoms with van der Waals surface area (Å²) in [7, 11) is -3.63. The fraction of sp³-hybridized carbons (Fsp3) is 0.632. The highest BCUT2D eigenvalue weighted by atomic mass is 32.2. The molecule has 0 aromatic heterocycles. The van der Waals surface area contributed by atoms with Gasteiger partial charge in [-0.3, -0.25) is 4.79 Å². The number of anilines is 1. The fourth-order valence-electron chi connectivity index (χ4n) is 5.40. The van der Waals surface area contributed by atoms with Gasteiger partial charge in [-0.15, -0.1) is 0 Å². The van der Waals surface area contributed by atoms with Crippen LogP contribution in [0.4, 0.5) is 5.69 Å². The van der Waals surface area contributed by atoms with E-state index in [1.54, 1.807) is 24.3 Å². The number of aliphatic hydroxyl groups is 1. The molecule has 26 heavy (non-hydrogen) atoms. The first-order valence-electron chi connectivity index (χ1n) is 9.56. The molecular formula is C19H24N2O4S. The molecule has 5 atom stereocenters.